The van der Waals surface area contributed by atoms with Gasteiger partial charge in [-0.15, -0.1) is 0 Å². The fraction of sp³-hybridized carbons (Fsp3) is 0.348. The fourth-order valence-corrected chi connectivity index (χ4v) is 2.99. The number of benzene rings is 2. The summed E-state index contributed by atoms with van der Waals surface area (Å²) in [6, 6.07) is 12.3. The van der Waals surface area contributed by atoms with Gasteiger partial charge in [0.05, 0.1) is 11.0 Å². The molecular weight excluding hydrogens is 364 g/mol. The molecule has 3 aromatic rings. The van der Waals surface area contributed by atoms with Gasteiger partial charge in [0.15, 0.2) is 0 Å². The smallest absolute Gasteiger partial charge is 0.255 e. The van der Waals surface area contributed by atoms with Crippen LogP contribution in [-0.4, -0.2) is 27.3 Å². The van der Waals surface area contributed by atoms with E-state index in [4.69, 9.17) is 0 Å². The van der Waals surface area contributed by atoms with Gasteiger partial charge in [-0.1, -0.05) is 13.3 Å². The quantitative estimate of drug-likeness (QED) is 0.569. The van der Waals surface area contributed by atoms with E-state index in [-0.39, 0.29) is 17.4 Å². The molecule has 0 radical (unpaired) electrons. The standard InChI is InChI=1S/C23H28N4O2/c1-5-6-7-20-25-18-13-12-17(14-19(18)26-20)24-21(28)15-8-10-16(11-9-15)22(29)27-23(2,3)4/h8-14H,5-7H2,1-4H3,(H,24,28)(H,25,26)(H,27,29). The van der Waals surface area contributed by atoms with E-state index in [1.807, 2.05) is 39.0 Å². The lowest BCUT2D eigenvalue weighted by Gasteiger charge is -2.20. The van der Waals surface area contributed by atoms with Crippen molar-refractivity contribution in [2.75, 3.05) is 5.32 Å². The van der Waals surface area contributed by atoms with Crippen molar-refractivity contribution in [3.05, 3.63) is 59.4 Å². The van der Waals surface area contributed by atoms with E-state index in [0.717, 1.165) is 36.1 Å². The van der Waals surface area contributed by atoms with Crippen molar-refractivity contribution in [1.29, 1.82) is 0 Å². The summed E-state index contributed by atoms with van der Waals surface area (Å²) in [5, 5.41) is 5.81. The zero-order valence-electron chi connectivity index (χ0n) is 17.4. The van der Waals surface area contributed by atoms with Crippen LogP contribution in [0.15, 0.2) is 42.5 Å². The Hall–Kier alpha value is -3.15. The molecule has 0 spiro atoms. The van der Waals surface area contributed by atoms with Crippen LogP contribution in [0.1, 0.15) is 67.1 Å². The number of hydrogen-bond donors (Lipinski definition) is 3. The molecular formula is C23H28N4O2. The van der Waals surface area contributed by atoms with Gasteiger partial charge < -0.3 is 15.6 Å². The minimum Gasteiger partial charge on any atom is -0.347 e. The number of nitrogens with one attached hydrogen (secondary N) is 3. The Kier molecular flexibility index (Phi) is 6.01. The average molecular weight is 393 g/mol. The van der Waals surface area contributed by atoms with Crippen LogP contribution < -0.4 is 10.6 Å². The van der Waals surface area contributed by atoms with E-state index >= 15 is 0 Å². The highest BCUT2D eigenvalue weighted by molar-refractivity contribution is 6.05. The fourth-order valence-electron chi connectivity index (χ4n) is 2.99. The van der Waals surface area contributed by atoms with E-state index in [1.54, 1.807) is 24.3 Å². The summed E-state index contributed by atoms with van der Waals surface area (Å²) >= 11 is 0. The molecule has 2 amide bonds. The van der Waals surface area contributed by atoms with E-state index in [1.165, 1.54) is 0 Å². The number of hydrogen-bond acceptors (Lipinski definition) is 3. The Morgan fingerprint density at radius 2 is 1.66 bits per heavy atom. The van der Waals surface area contributed by atoms with Crippen LogP contribution in [-0.2, 0) is 6.42 Å². The van der Waals surface area contributed by atoms with Crippen LogP contribution in [0.25, 0.3) is 11.0 Å². The highest BCUT2D eigenvalue weighted by Gasteiger charge is 2.16. The summed E-state index contributed by atoms with van der Waals surface area (Å²) in [4.78, 5) is 32.7. The van der Waals surface area contributed by atoms with Crippen LogP contribution in [0.2, 0.25) is 0 Å². The number of carbonyl (C=O) groups excluding carboxylic acids is 2. The summed E-state index contributed by atoms with van der Waals surface area (Å²) in [5.41, 5.74) is 3.20. The number of anilines is 1. The first-order chi connectivity index (χ1) is 13.7. The van der Waals surface area contributed by atoms with Gasteiger partial charge >= 0.3 is 0 Å². The molecule has 1 heterocycles. The lowest BCUT2D eigenvalue weighted by atomic mass is 10.1. The van der Waals surface area contributed by atoms with Crippen LogP contribution >= 0.6 is 0 Å². The number of H-pyrrole nitrogens is 1. The molecule has 0 fully saturated rings. The average Bonchev–Trinajstić information content (AvgIpc) is 3.07. The Morgan fingerprint density at radius 3 is 2.28 bits per heavy atom. The minimum atomic E-state index is -0.311. The Labute approximate surface area is 171 Å². The normalized spacial score (nSPS) is 11.4. The number of fused-ring (bicyclic) bond motifs is 1. The summed E-state index contributed by atoms with van der Waals surface area (Å²) < 4.78 is 0. The molecule has 0 aliphatic carbocycles. The van der Waals surface area contributed by atoms with Crippen molar-refractivity contribution in [2.45, 2.75) is 52.5 Å². The van der Waals surface area contributed by atoms with E-state index < -0.39 is 0 Å². The van der Waals surface area contributed by atoms with E-state index in [0.29, 0.717) is 16.8 Å². The van der Waals surface area contributed by atoms with Gasteiger partial charge in [0.25, 0.3) is 11.8 Å². The van der Waals surface area contributed by atoms with Crippen LogP contribution in [0.3, 0.4) is 0 Å². The second kappa shape index (κ2) is 8.47. The number of aromatic amines is 1. The maximum absolute atomic E-state index is 12.6. The predicted molar refractivity (Wildman–Crippen MR) is 116 cm³/mol. The second-order valence-corrected chi connectivity index (χ2v) is 8.25. The molecule has 152 valence electrons. The second-order valence-electron chi connectivity index (χ2n) is 8.25. The molecule has 3 N–H and O–H groups in total. The lowest BCUT2D eigenvalue weighted by Crippen LogP contribution is -2.40. The molecule has 2 aromatic carbocycles. The van der Waals surface area contributed by atoms with Crippen molar-refractivity contribution in [3.8, 4) is 0 Å². The Morgan fingerprint density at radius 1 is 1.00 bits per heavy atom. The molecule has 6 nitrogen and oxygen atoms in total. The highest BCUT2D eigenvalue weighted by Crippen LogP contribution is 2.19. The van der Waals surface area contributed by atoms with Crippen molar-refractivity contribution in [1.82, 2.24) is 15.3 Å². The zero-order valence-corrected chi connectivity index (χ0v) is 17.4. The van der Waals surface area contributed by atoms with Gasteiger partial charge in [0, 0.05) is 28.8 Å². The SMILES string of the molecule is CCCCc1nc2ccc(NC(=O)c3ccc(C(=O)NC(C)(C)C)cc3)cc2[nH]1. The summed E-state index contributed by atoms with van der Waals surface area (Å²) in [6.45, 7) is 7.93. The molecule has 0 aliphatic heterocycles. The topological polar surface area (TPSA) is 86.9 Å². The van der Waals surface area contributed by atoms with Gasteiger partial charge in [-0.05, 0) is 69.7 Å². The maximum Gasteiger partial charge on any atom is 0.255 e. The van der Waals surface area contributed by atoms with E-state index in [2.05, 4.69) is 27.5 Å². The third kappa shape index (κ3) is 5.44. The summed E-state index contributed by atoms with van der Waals surface area (Å²) in [7, 11) is 0. The first-order valence-corrected chi connectivity index (χ1v) is 9.98. The number of unbranched alkanes of at least 4 members (excludes halogenated alkanes) is 1. The molecule has 0 bridgehead atoms. The van der Waals surface area contributed by atoms with Crippen LogP contribution in [0, 0.1) is 0 Å². The molecule has 6 heteroatoms. The molecule has 0 unspecified atom stereocenters. The molecule has 29 heavy (non-hydrogen) atoms. The monoisotopic (exact) mass is 392 g/mol. The first-order valence-electron chi connectivity index (χ1n) is 9.98. The Bertz CT molecular complexity index is 1010. The van der Waals surface area contributed by atoms with Crippen molar-refractivity contribution < 1.29 is 9.59 Å². The lowest BCUT2D eigenvalue weighted by molar-refractivity contribution is 0.0918. The highest BCUT2D eigenvalue weighted by atomic mass is 16.2. The van der Waals surface area contributed by atoms with Gasteiger partial charge in [-0.25, -0.2) is 4.98 Å². The van der Waals surface area contributed by atoms with Crippen LogP contribution in [0.5, 0.6) is 0 Å². The van der Waals surface area contributed by atoms with E-state index in [9.17, 15) is 9.59 Å². The molecule has 0 saturated heterocycles. The largest absolute Gasteiger partial charge is 0.347 e. The number of amides is 2. The minimum absolute atomic E-state index is 0.159. The summed E-state index contributed by atoms with van der Waals surface area (Å²) in [6.07, 6.45) is 3.13. The van der Waals surface area contributed by atoms with Crippen molar-refractivity contribution in [3.63, 3.8) is 0 Å². The van der Waals surface area contributed by atoms with Crippen LogP contribution in [0.4, 0.5) is 5.69 Å². The molecule has 0 aliphatic rings. The van der Waals surface area contributed by atoms with Gasteiger partial charge in [0.1, 0.15) is 5.82 Å². The number of imidazole rings is 1. The molecule has 0 atom stereocenters. The van der Waals surface area contributed by atoms with Crippen molar-refractivity contribution >= 4 is 28.5 Å². The number of aromatic nitrogens is 2. The third-order valence-corrected chi connectivity index (χ3v) is 4.45. The predicted octanol–water partition coefficient (Wildman–Crippen LogP) is 4.69. The van der Waals surface area contributed by atoms with Gasteiger partial charge in [-0.2, -0.15) is 0 Å². The molecule has 3 rings (SSSR count). The maximum atomic E-state index is 12.6. The van der Waals surface area contributed by atoms with Gasteiger partial charge in [-0.3, -0.25) is 9.59 Å². The summed E-state index contributed by atoms with van der Waals surface area (Å²) in [5.74, 6) is 0.584. The number of rotatable bonds is 6. The zero-order chi connectivity index (χ0) is 21.0. The Balaban J connectivity index is 1.68. The van der Waals surface area contributed by atoms with Crippen molar-refractivity contribution in [2.24, 2.45) is 0 Å². The molecule has 0 saturated carbocycles. The first kappa shape index (κ1) is 20.6. The molecule has 1 aromatic heterocycles. The third-order valence-electron chi connectivity index (χ3n) is 4.45. The number of aryl methyl sites for hydroxylation is 1. The van der Waals surface area contributed by atoms with Gasteiger partial charge in [0.2, 0.25) is 0 Å². The number of carbonyl (C=O) groups is 2. The number of nitrogens with zero attached hydrogens (tertiary/aromatic N) is 1.